The fourth-order valence-corrected chi connectivity index (χ4v) is 3.65. The third-order valence-electron chi connectivity index (χ3n) is 3.09. The molecule has 1 aliphatic heterocycles. The molecule has 0 spiro atoms. The fourth-order valence-electron chi connectivity index (χ4n) is 2.27. The van der Waals surface area contributed by atoms with Crippen LogP contribution in [-0.4, -0.2) is 29.8 Å². The second-order valence-corrected chi connectivity index (χ2v) is 6.60. The van der Waals surface area contributed by atoms with E-state index in [1.54, 1.807) is 0 Å². The summed E-state index contributed by atoms with van der Waals surface area (Å²) in [7, 11) is 0. The minimum absolute atomic E-state index is 0.0908. The zero-order chi connectivity index (χ0) is 11.5. The van der Waals surface area contributed by atoms with E-state index in [9.17, 15) is 4.79 Å². The van der Waals surface area contributed by atoms with Crippen LogP contribution in [0.3, 0.4) is 0 Å². The molecule has 1 atom stereocenters. The lowest BCUT2D eigenvalue weighted by atomic mass is 10.1. The first-order chi connectivity index (χ1) is 7.72. The molecule has 0 bridgehead atoms. The van der Waals surface area contributed by atoms with Gasteiger partial charge >= 0.3 is 0 Å². The highest BCUT2D eigenvalue weighted by Gasteiger charge is 2.27. The van der Waals surface area contributed by atoms with Crippen LogP contribution in [0.5, 0.6) is 0 Å². The average Bonchev–Trinajstić information content (AvgIpc) is 2.90. The standard InChI is InChI=1S/C12H16BrNOS/c1-2-9(14-7-3-4-8-14)12(15)10-5-6-11(13)16-10/h5-6,9H,2-4,7-8H2,1H3. The Balaban J connectivity index is 2.11. The molecular formula is C12H16BrNOS. The van der Waals surface area contributed by atoms with Gasteiger partial charge in [-0.25, -0.2) is 0 Å². The summed E-state index contributed by atoms with van der Waals surface area (Å²) < 4.78 is 1.03. The normalized spacial score (nSPS) is 18.9. The summed E-state index contributed by atoms with van der Waals surface area (Å²) in [5.41, 5.74) is 0. The van der Waals surface area contributed by atoms with Crippen molar-refractivity contribution in [2.75, 3.05) is 13.1 Å². The molecule has 1 aliphatic rings. The van der Waals surface area contributed by atoms with E-state index in [0.717, 1.165) is 28.2 Å². The molecule has 88 valence electrons. The zero-order valence-corrected chi connectivity index (χ0v) is 11.8. The highest BCUT2D eigenvalue weighted by Crippen LogP contribution is 2.26. The predicted octanol–water partition coefficient (Wildman–Crippen LogP) is 3.57. The quantitative estimate of drug-likeness (QED) is 0.793. The van der Waals surface area contributed by atoms with Crippen LogP contribution in [0.1, 0.15) is 35.9 Å². The minimum atomic E-state index is 0.0908. The second kappa shape index (κ2) is 5.43. The first-order valence-corrected chi connectivity index (χ1v) is 7.37. The van der Waals surface area contributed by atoms with Crippen molar-refractivity contribution >= 4 is 33.0 Å². The van der Waals surface area contributed by atoms with E-state index in [1.165, 1.54) is 24.2 Å². The van der Waals surface area contributed by atoms with Gasteiger partial charge in [0, 0.05) is 0 Å². The van der Waals surface area contributed by atoms with Gasteiger partial charge in [0.15, 0.2) is 5.78 Å². The predicted molar refractivity (Wildman–Crippen MR) is 71.2 cm³/mol. The van der Waals surface area contributed by atoms with E-state index in [1.807, 2.05) is 12.1 Å². The van der Waals surface area contributed by atoms with E-state index in [0.29, 0.717) is 5.78 Å². The van der Waals surface area contributed by atoms with Crippen molar-refractivity contribution in [2.45, 2.75) is 32.2 Å². The summed E-state index contributed by atoms with van der Waals surface area (Å²) in [6.07, 6.45) is 3.38. The average molecular weight is 302 g/mol. The summed E-state index contributed by atoms with van der Waals surface area (Å²) in [6, 6.07) is 3.97. The Kier molecular flexibility index (Phi) is 4.16. The van der Waals surface area contributed by atoms with Crippen LogP contribution in [0.2, 0.25) is 0 Å². The molecule has 0 radical (unpaired) electrons. The van der Waals surface area contributed by atoms with Gasteiger partial charge in [-0.2, -0.15) is 0 Å². The number of hydrogen-bond donors (Lipinski definition) is 0. The Labute approximate surface area is 109 Å². The number of Topliss-reactive ketones (excluding diaryl/α,β-unsaturated/α-hetero) is 1. The smallest absolute Gasteiger partial charge is 0.189 e. The van der Waals surface area contributed by atoms with Crippen molar-refractivity contribution in [3.8, 4) is 0 Å². The molecule has 1 saturated heterocycles. The summed E-state index contributed by atoms with van der Waals surface area (Å²) in [5, 5.41) is 0. The summed E-state index contributed by atoms with van der Waals surface area (Å²) >= 11 is 4.95. The molecule has 1 aromatic heterocycles. The molecule has 0 aromatic carbocycles. The number of thiophene rings is 1. The van der Waals surface area contributed by atoms with Crippen molar-refractivity contribution in [3.05, 3.63) is 20.8 Å². The monoisotopic (exact) mass is 301 g/mol. The van der Waals surface area contributed by atoms with Gasteiger partial charge in [0.1, 0.15) is 0 Å². The molecule has 2 nitrogen and oxygen atoms in total. The lowest BCUT2D eigenvalue weighted by molar-refractivity contribution is 0.0848. The summed E-state index contributed by atoms with van der Waals surface area (Å²) in [6.45, 7) is 4.26. The lowest BCUT2D eigenvalue weighted by Gasteiger charge is -2.24. The number of carbonyl (C=O) groups is 1. The van der Waals surface area contributed by atoms with Crippen molar-refractivity contribution in [1.82, 2.24) is 4.90 Å². The number of halogens is 1. The number of carbonyl (C=O) groups excluding carboxylic acids is 1. The third kappa shape index (κ3) is 2.55. The maximum Gasteiger partial charge on any atom is 0.189 e. The highest BCUT2D eigenvalue weighted by molar-refractivity contribution is 9.11. The van der Waals surface area contributed by atoms with Gasteiger partial charge in [-0.1, -0.05) is 6.92 Å². The molecule has 16 heavy (non-hydrogen) atoms. The van der Waals surface area contributed by atoms with Gasteiger partial charge in [0.2, 0.25) is 0 Å². The molecule has 0 amide bonds. The van der Waals surface area contributed by atoms with Crippen molar-refractivity contribution in [1.29, 1.82) is 0 Å². The Bertz CT molecular complexity index is 371. The van der Waals surface area contributed by atoms with E-state index < -0.39 is 0 Å². The third-order valence-corrected chi connectivity index (χ3v) is 4.73. The van der Waals surface area contributed by atoms with Crippen LogP contribution in [-0.2, 0) is 0 Å². The van der Waals surface area contributed by atoms with Crippen LogP contribution in [0.15, 0.2) is 15.9 Å². The van der Waals surface area contributed by atoms with Gasteiger partial charge in [-0.05, 0) is 60.4 Å². The molecule has 1 aromatic rings. The SMILES string of the molecule is CCC(C(=O)c1ccc(Br)s1)N1CCCC1. The van der Waals surface area contributed by atoms with Gasteiger partial charge in [0.05, 0.1) is 14.7 Å². The Hall–Kier alpha value is -0.190. The molecule has 2 rings (SSSR count). The van der Waals surface area contributed by atoms with Crippen molar-refractivity contribution < 1.29 is 4.79 Å². The van der Waals surface area contributed by atoms with Crippen molar-refractivity contribution in [3.63, 3.8) is 0 Å². The molecule has 4 heteroatoms. The number of likely N-dealkylation sites (tertiary alicyclic amines) is 1. The summed E-state index contributed by atoms with van der Waals surface area (Å²) in [5.74, 6) is 0.292. The second-order valence-electron chi connectivity index (χ2n) is 4.14. The van der Waals surface area contributed by atoms with Crippen LogP contribution >= 0.6 is 27.3 Å². The van der Waals surface area contributed by atoms with Crippen molar-refractivity contribution in [2.24, 2.45) is 0 Å². The highest BCUT2D eigenvalue weighted by atomic mass is 79.9. The van der Waals surface area contributed by atoms with Gasteiger partial charge in [-0.3, -0.25) is 9.69 Å². The van der Waals surface area contributed by atoms with Gasteiger partial charge in [0.25, 0.3) is 0 Å². The zero-order valence-electron chi connectivity index (χ0n) is 9.41. The molecule has 1 unspecified atom stereocenters. The number of rotatable bonds is 4. The van der Waals surface area contributed by atoms with Crippen LogP contribution in [0.25, 0.3) is 0 Å². The molecule has 1 fully saturated rings. The Morgan fingerprint density at radius 1 is 1.50 bits per heavy atom. The van der Waals surface area contributed by atoms with E-state index in [2.05, 4.69) is 27.8 Å². The van der Waals surface area contributed by atoms with E-state index >= 15 is 0 Å². The maximum absolute atomic E-state index is 12.3. The molecule has 0 saturated carbocycles. The Morgan fingerprint density at radius 2 is 2.19 bits per heavy atom. The molecular weight excluding hydrogens is 286 g/mol. The Morgan fingerprint density at radius 3 is 2.69 bits per heavy atom. The molecule has 2 heterocycles. The first-order valence-electron chi connectivity index (χ1n) is 5.76. The largest absolute Gasteiger partial charge is 0.293 e. The number of nitrogens with zero attached hydrogens (tertiary/aromatic N) is 1. The maximum atomic E-state index is 12.3. The lowest BCUT2D eigenvalue weighted by Crippen LogP contribution is -2.38. The fraction of sp³-hybridized carbons (Fsp3) is 0.583. The minimum Gasteiger partial charge on any atom is -0.293 e. The van der Waals surface area contributed by atoms with E-state index in [4.69, 9.17) is 0 Å². The molecule has 0 N–H and O–H groups in total. The van der Waals surface area contributed by atoms with Crippen LogP contribution < -0.4 is 0 Å². The number of hydrogen-bond acceptors (Lipinski definition) is 3. The van der Waals surface area contributed by atoms with Gasteiger partial charge < -0.3 is 0 Å². The van der Waals surface area contributed by atoms with Crippen LogP contribution in [0, 0.1) is 0 Å². The van der Waals surface area contributed by atoms with Gasteiger partial charge in [-0.15, -0.1) is 11.3 Å². The topological polar surface area (TPSA) is 20.3 Å². The molecule has 0 aliphatic carbocycles. The first kappa shape index (κ1) is 12.3. The van der Waals surface area contributed by atoms with Crippen LogP contribution in [0.4, 0.5) is 0 Å². The van der Waals surface area contributed by atoms with E-state index in [-0.39, 0.29) is 6.04 Å². The number of ketones is 1. The summed E-state index contributed by atoms with van der Waals surface area (Å²) in [4.78, 5) is 15.5.